The van der Waals surface area contributed by atoms with Crippen molar-refractivity contribution in [1.29, 1.82) is 0 Å². The van der Waals surface area contributed by atoms with Gasteiger partial charge in [-0.3, -0.25) is 9.79 Å². The quantitative estimate of drug-likeness (QED) is 0.268. The first-order valence-corrected chi connectivity index (χ1v) is 11.0. The van der Waals surface area contributed by atoms with Gasteiger partial charge in [-0.15, -0.1) is 24.0 Å². The molecule has 1 heterocycles. The number of nitrogens with zero attached hydrogens (tertiary/aromatic N) is 1. The molecule has 6 nitrogen and oxygen atoms in total. The Kier molecular flexibility index (Phi) is 10.9. The van der Waals surface area contributed by atoms with Crippen LogP contribution in [-0.2, 0) is 12.8 Å². The summed E-state index contributed by atoms with van der Waals surface area (Å²) in [5, 5.41) is 9.82. The van der Waals surface area contributed by atoms with E-state index in [9.17, 15) is 4.79 Å². The molecule has 1 aromatic heterocycles. The molecule has 2 atom stereocenters. The van der Waals surface area contributed by atoms with Crippen LogP contribution < -0.4 is 16.0 Å². The van der Waals surface area contributed by atoms with E-state index in [-0.39, 0.29) is 29.9 Å². The van der Waals surface area contributed by atoms with Gasteiger partial charge in [-0.2, -0.15) is 0 Å². The average Bonchev–Trinajstić information content (AvgIpc) is 3.28. The van der Waals surface area contributed by atoms with E-state index in [1.165, 1.54) is 25.7 Å². The number of halogens is 1. The molecule has 1 aliphatic rings. The van der Waals surface area contributed by atoms with Gasteiger partial charge in [0, 0.05) is 38.2 Å². The van der Waals surface area contributed by atoms with Crippen molar-refractivity contribution in [2.24, 2.45) is 10.9 Å². The molecule has 1 aromatic carbocycles. The summed E-state index contributed by atoms with van der Waals surface area (Å²) in [4.78, 5) is 16.6. The number of guanidine groups is 1. The summed E-state index contributed by atoms with van der Waals surface area (Å²) in [5.41, 5.74) is 1.82. The predicted octanol–water partition coefficient (Wildman–Crippen LogP) is 4.16. The van der Waals surface area contributed by atoms with Crippen molar-refractivity contribution < 1.29 is 9.21 Å². The van der Waals surface area contributed by atoms with Crippen LogP contribution in [0.3, 0.4) is 0 Å². The summed E-state index contributed by atoms with van der Waals surface area (Å²) in [5.74, 6) is 2.41. The molecule has 2 aromatic rings. The smallest absolute Gasteiger partial charge is 0.251 e. The van der Waals surface area contributed by atoms with Crippen LogP contribution in [0.2, 0.25) is 0 Å². The molecule has 2 unspecified atom stereocenters. The number of aliphatic imine (C=N–C) groups is 1. The number of carbonyl (C=O) groups is 1. The Hall–Kier alpha value is -2.03. The molecule has 0 spiro atoms. The molecule has 3 rings (SSSR count). The van der Waals surface area contributed by atoms with Crippen LogP contribution in [0.4, 0.5) is 0 Å². The van der Waals surface area contributed by atoms with E-state index in [4.69, 9.17) is 9.41 Å². The number of amides is 1. The predicted molar refractivity (Wildman–Crippen MR) is 136 cm³/mol. The van der Waals surface area contributed by atoms with E-state index in [0.29, 0.717) is 24.1 Å². The summed E-state index contributed by atoms with van der Waals surface area (Å²) in [6.07, 6.45) is 8.36. The third-order valence-electron chi connectivity index (χ3n) is 5.76. The maximum Gasteiger partial charge on any atom is 0.251 e. The lowest BCUT2D eigenvalue weighted by atomic mass is 9.86. The van der Waals surface area contributed by atoms with Crippen LogP contribution in [0.5, 0.6) is 0 Å². The van der Waals surface area contributed by atoms with Gasteiger partial charge in [0.25, 0.3) is 5.91 Å². The summed E-state index contributed by atoms with van der Waals surface area (Å²) < 4.78 is 5.42. The minimum Gasteiger partial charge on any atom is -0.469 e. The number of hydrogen-bond acceptors (Lipinski definition) is 3. The van der Waals surface area contributed by atoms with Gasteiger partial charge in [0.05, 0.1) is 6.26 Å². The van der Waals surface area contributed by atoms with Crippen molar-refractivity contribution in [3.8, 4) is 0 Å². The van der Waals surface area contributed by atoms with E-state index in [0.717, 1.165) is 36.7 Å². The van der Waals surface area contributed by atoms with Gasteiger partial charge in [-0.05, 0) is 55.0 Å². The third kappa shape index (κ3) is 8.20. The SMILES string of the molecule is CNC(=O)c1cccc(CCNC(=NCCc2ccco2)NC2CCCCC2C)c1.I. The largest absolute Gasteiger partial charge is 0.469 e. The highest BCUT2D eigenvalue weighted by atomic mass is 127. The normalized spacial score (nSPS) is 18.7. The maximum atomic E-state index is 11.9. The van der Waals surface area contributed by atoms with Crippen molar-refractivity contribution in [3.05, 3.63) is 59.5 Å². The van der Waals surface area contributed by atoms with Crippen LogP contribution >= 0.6 is 24.0 Å². The van der Waals surface area contributed by atoms with Crippen molar-refractivity contribution in [2.45, 2.75) is 51.5 Å². The second kappa shape index (κ2) is 13.4. The Morgan fingerprint density at radius 1 is 1.16 bits per heavy atom. The molecule has 31 heavy (non-hydrogen) atoms. The molecular weight excluding hydrogens is 503 g/mol. The van der Waals surface area contributed by atoms with Gasteiger partial charge in [0.1, 0.15) is 5.76 Å². The standard InChI is InChI=1S/C24H34N4O2.HI/c1-18-7-3-4-11-22(18)28-24(27-15-13-21-10-6-16-30-21)26-14-12-19-8-5-9-20(17-19)23(29)25-2;/h5-6,8-10,16-18,22H,3-4,7,11-15H2,1-2H3,(H,25,29)(H2,26,27,28);1H. The van der Waals surface area contributed by atoms with Gasteiger partial charge in [-0.1, -0.05) is 31.9 Å². The summed E-state index contributed by atoms with van der Waals surface area (Å²) in [7, 11) is 1.65. The number of hydrogen-bond donors (Lipinski definition) is 3. The second-order valence-corrected chi connectivity index (χ2v) is 8.03. The van der Waals surface area contributed by atoms with Crippen LogP contribution in [0.1, 0.15) is 54.3 Å². The minimum atomic E-state index is -0.0575. The van der Waals surface area contributed by atoms with Gasteiger partial charge in [0.2, 0.25) is 0 Å². The highest BCUT2D eigenvalue weighted by Gasteiger charge is 2.22. The Morgan fingerprint density at radius 3 is 2.74 bits per heavy atom. The molecule has 3 N–H and O–H groups in total. The van der Waals surface area contributed by atoms with Crippen molar-refractivity contribution >= 4 is 35.8 Å². The van der Waals surface area contributed by atoms with Crippen LogP contribution in [0, 0.1) is 5.92 Å². The molecular formula is C24H35IN4O2. The number of furan rings is 1. The fraction of sp³-hybridized carbons (Fsp3) is 0.500. The Morgan fingerprint density at radius 2 is 2.00 bits per heavy atom. The fourth-order valence-electron chi connectivity index (χ4n) is 3.93. The molecule has 1 fully saturated rings. The van der Waals surface area contributed by atoms with E-state index in [2.05, 4.69) is 28.9 Å². The zero-order valence-electron chi connectivity index (χ0n) is 18.5. The fourth-order valence-corrected chi connectivity index (χ4v) is 3.93. The molecule has 0 radical (unpaired) electrons. The number of nitrogens with one attached hydrogen (secondary N) is 3. The Labute approximate surface area is 202 Å². The molecule has 7 heteroatoms. The molecule has 1 aliphatic carbocycles. The van der Waals surface area contributed by atoms with E-state index < -0.39 is 0 Å². The Bertz CT molecular complexity index is 823. The van der Waals surface area contributed by atoms with Crippen molar-refractivity contribution in [2.75, 3.05) is 20.1 Å². The molecule has 1 amide bonds. The van der Waals surface area contributed by atoms with E-state index in [1.807, 2.05) is 30.3 Å². The highest BCUT2D eigenvalue weighted by molar-refractivity contribution is 14.0. The molecule has 170 valence electrons. The first kappa shape index (κ1) is 25.2. The summed E-state index contributed by atoms with van der Waals surface area (Å²) >= 11 is 0. The first-order valence-electron chi connectivity index (χ1n) is 11.0. The van der Waals surface area contributed by atoms with Gasteiger partial charge >= 0.3 is 0 Å². The lowest BCUT2D eigenvalue weighted by Crippen LogP contribution is -2.47. The van der Waals surface area contributed by atoms with E-state index in [1.54, 1.807) is 13.3 Å². The second-order valence-electron chi connectivity index (χ2n) is 8.03. The van der Waals surface area contributed by atoms with Crippen molar-refractivity contribution in [3.63, 3.8) is 0 Å². The maximum absolute atomic E-state index is 11.9. The number of rotatable bonds is 8. The molecule has 0 aliphatic heterocycles. The molecule has 1 saturated carbocycles. The van der Waals surface area contributed by atoms with Gasteiger partial charge in [-0.25, -0.2) is 0 Å². The van der Waals surface area contributed by atoms with Crippen molar-refractivity contribution in [1.82, 2.24) is 16.0 Å². The number of benzene rings is 1. The minimum absolute atomic E-state index is 0. The lowest BCUT2D eigenvalue weighted by Gasteiger charge is -2.31. The number of carbonyl (C=O) groups excluding carboxylic acids is 1. The summed E-state index contributed by atoms with van der Waals surface area (Å²) in [6, 6.07) is 12.1. The topological polar surface area (TPSA) is 78.7 Å². The zero-order chi connectivity index (χ0) is 21.2. The van der Waals surface area contributed by atoms with Crippen LogP contribution in [0.25, 0.3) is 0 Å². The average molecular weight is 538 g/mol. The monoisotopic (exact) mass is 538 g/mol. The van der Waals surface area contributed by atoms with E-state index >= 15 is 0 Å². The van der Waals surface area contributed by atoms with Crippen LogP contribution in [0.15, 0.2) is 52.1 Å². The van der Waals surface area contributed by atoms with Gasteiger partial charge in [0.15, 0.2) is 5.96 Å². The third-order valence-corrected chi connectivity index (χ3v) is 5.76. The summed E-state index contributed by atoms with van der Waals surface area (Å²) in [6.45, 7) is 3.75. The Balaban J connectivity index is 0.00000341. The first-order chi connectivity index (χ1) is 14.7. The van der Waals surface area contributed by atoms with Gasteiger partial charge < -0.3 is 20.4 Å². The zero-order valence-corrected chi connectivity index (χ0v) is 20.9. The molecule has 0 bridgehead atoms. The highest BCUT2D eigenvalue weighted by Crippen LogP contribution is 2.23. The lowest BCUT2D eigenvalue weighted by molar-refractivity contribution is 0.0963. The van der Waals surface area contributed by atoms with Crippen LogP contribution in [-0.4, -0.2) is 38.0 Å². The molecule has 0 saturated heterocycles.